The number of hydrogen-bond donors (Lipinski definition) is 0. The van der Waals surface area contributed by atoms with Crippen LogP contribution < -0.4 is 0 Å². The fourth-order valence-electron chi connectivity index (χ4n) is 3.24. The van der Waals surface area contributed by atoms with Gasteiger partial charge in [-0.3, -0.25) is 0 Å². The number of rotatable bonds is 2. The maximum atomic E-state index is 4.66. The maximum absolute atomic E-state index is 4.66. The Morgan fingerprint density at radius 2 is 1.57 bits per heavy atom. The molecule has 0 spiro atoms. The van der Waals surface area contributed by atoms with E-state index in [9.17, 15) is 0 Å². The van der Waals surface area contributed by atoms with Crippen LogP contribution in [0.5, 0.6) is 0 Å². The number of para-hydroxylation sites is 2. The fraction of sp³-hybridized carbons (Fsp3) is 0.150. The van der Waals surface area contributed by atoms with Crippen LogP contribution in [0.4, 0.5) is 0 Å². The molecule has 3 heteroatoms. The van der Waals surface area contributed by atoms with Gasteiger partial charge in [0.15, 0.2) is 0 Å². The summed E-state index contributed by atoms with van der Waals surface area (Å²) in [6.07, 6.45) is 2.19. The van der Waals surface area contributed by atoms with Crippen LogP contribution in [0.2, 0.25) is 0 Å². The van der Waals surface area contributed by atoms with Crippen LogP contribution in [0, 0.1) is 20.8 Å². The predicted molar refractivity (Wildman–Crippen MR) is 94.6 cm³/mol. The molecule has 0 unspecified atom stereocenters. The number of benzene rings is 2. The lowest BCUT2D eigenvalue weighted by Gasteiger charge is -2.08. The summed E-state index contributed by atoms with van der Waals surface area (Å²) in [6.45, 7) is 6.27. The van der Waals surface area contributed by atoms with E-state index < -0.39 is 0 Å². The van der Waals surface area contributed by atoms with E-state index in [4.69, 9.17) is 0 Å². The van der Waals surface area contributed by atoms with Gasteiger partial charge in [-0.25, -0.2) is 4.68 Å². The molecule has 0 saturated carbocycles. The zero-order valence-corrected chi connectivity index (χ0v) is 13.6. The van der Waals surface area contributed by atoms with Gasteiger partial charge in [0.25, 0.3) is 0 Å². The highest BCUT2D eigenvalue weighted by molar-refractivity contribution is 5.90. The van der Waals surface area contributed by atoms with Gasteiger partial charge in [-0.1, -0.05) is 36.4 Å². The Labute approximate surface area is 135 Å². The molecule has 0 saturated heterocycles. The molecule has 23 heavy (non-hydrogen) atoms. The molecule has 3 nitrogen and oxygen atoms in total. The first-order chi connectivity index (χ1) is 11.1. The van der Waals surface area contributed by atoms with Gasteiger partial charge >= 0.3 is 0 Å². The van der Waals surface area contributed by atoms with Crippen LogP contribution >= 0.6 is 0 Å². The molecule has 0 N–H and O–H groups in total. The Kier molecular flexibility index (Phi) is 3.08. The van der Waals surface area contributed by atoms with Crippen molar-refractivity contribution < 1.29 is 0 Å². The zero-order chi connectivity index (χ0) is 16.0. The van der Waals surface area contributed by atoms with Crippen molar-refractivity contribution in [2.24, 2.45) is 0 Å². The molecule has 2 heterocycles. The summed E-state index contributed by atoms with van der Waals surface area (Å²) in [5, 5.41) is 5.87. The summed E-state index contributed by atoms with van der Waals surface area (Å²) in [4.78, 5) is 0. The summed E-state index contributed by atoms with van der Waals surface area (Å²) < 4.78 is 4.29. The van der Waals surface area contributed by atoms with Gasteiger partial charge in [-0.2, -0.15) is 5.10 Å². The van der Waals surface area contributed by atoms with Crippen LogP contribution in [0.15, 0.2) is 60.8 Å². The quantitative estimate of drug-likeness (QED) is 0.524. The molecular formula is C20H19N3. The Morgan fingerprint density at radius 3 is 2.30 bits per heavy atom. The summed E-state index contributed by atoms with van der Waals surface area (Å²) in [6, 6.07) is 19.1. The lowest BCUT2D eigenvalue weighted by atomic mass is 10.2. The minimum atomic E-state index is 1.04. The SMILES string of the molecule is Cc1cc(C)n(-c2cn(-c3ccccc3C)c3ccccc23)n1. The molecule has 4 rings (SSSR count). The van der Waals surface area contributed by atoms with E-state index in [0.29, 0.717) is 0 Å². The van der Waals surface area contributed by atoms with Crippen molar-refractivity contribution in [3.8, 4) is 11.4 Å². The van der Waals surface area contributed by atoms with E-state index in [1.165, 1.54) is 22.2 Å². The topological polar surface area (TPSA) is 22.8 Å². The molecule has 114 valence electrons. The highest BCUT2D eigenvalue weighted by Gasteiger charge is 2.14. The highest BCUT2D eigenvalue weighted by atomic mass is 15.3. The van der Waals surface area contributed by atoms with E-state index in [1.807, 2.05) is 11.6 Å². The third-order valence-corrected chi connectivity index (χ3v) is 4.30. The molecule has 0 fully saturated rings. The molecule has 0 amide bonds. The Hall–Kier alpha value is -2.81. The van der Waals surface area contributed by atoms with Gasteiger partial charge in [0.1, 0.15) is 0 Å². The monoisotopic (exact) mass is 301 g/mol. The van der Waals surface area contributed by atoms with E-state index in [0.717, 1.165) is 17.1 Å². The standard InChI is InChI=1S/C20H19N3/c1-14-8-4-6-10-18(14)22-13-20(17-9-5-7-11-19(17)22)23-16(3)12-15(2)21-23/h4-13H,1-3H3. The molecule has 4 aromatic rings. The van der Waals surface area contributed by atoms with Crippen molar-refractivity contribution in [3.05, 3.63) is 77.7 Å². The normalized spacial score (nSPS) is 11.3. The average Bonchev–Trinajstić information content (AvgIpc) is 3.08. The van der Waals surface area contributed by atoms with Gasteiger partial charge in [-0.05, 0) is 44.5 Å². The second kappa shape index (κ2) is 5.13. The van der Waals surface area contributed by atoms with Gasteiger partial charge in [0, 0.05) is 23.0 Å². The molecule has 0 aliphatic heterocycles. The number of aromatic nitrogens is 3. The highest BCUT2D eigenvalue weighted by Crippen LogP contribution is 2.29. The summed E-state index contributed by atoms with van der Waals surface area (Å²) in [5.74, 6) is 0. The summed E-state index contributed by atoms with van der Waals surface area (Å²) in [5.41, 5.74) is 6.97. The van der Waals surface area contributed by atoms with Crippen molar-refractivity contribution in [1.82, 2.24) is 14.3 Å². The minimum Gasteiger partial charge on any atom is -0.314 e. The van der Waals surface area contributed by atoms with Crippen molar-refractivity contribution in [1.29, 1.82) is 0 Å². The number of fused-ring (bicyclic) bond motifs is 1. The van der Waals surface area contributed by atoms with E-state index in [-0.39, 0.29) is 0 Å². The van der Waals surface area contributed by atoms with Gasteiger partial charge in [-0.15, -0.1) is 0 Å². The van der Waals surface area contributed by atoms with Crippen molar-refractivity contribution in [3.63, 3.8) is 0 Å². The van der Waals surface area contributed by atoms with Gasteiger partial charge in [0.05, 0.1) is 16.9 Å². The average molecular weight is 301 g/mol. The molecule has 0 radical (unpaired) electrons. The predicted octanol–water partition coefficient (Wildman–Crippen LogP) is 4.74. The number of aryl methyl sites for hydroxylation is 3. The van der Waals surface area contributed by atoms with Crippen molar-refractivity contribution >= 4 is 10.9 Å². The van der Waals surface area contributed by atoms with Gasteiger partial charge in [0.2, 0.25) is 0 Å². The van der Waals surface area contributed by atoms with E-state index in [1.54, 1.807) is 0 Å². The number of nitrogens with zero attached hydrogens (tertiary/aromatic N) is 3. The second-order valence-corrected chi connectivity index (χ2v) is 6.03. The Bertz CT molecular complexity index is 1000. The first-order valence-corrected chi connectivity index (χ1v) is 7.85. The fourth-order valence-corrected chi connectivity index (χ4v) is 3.24. The van der Waals surface area contributed by atoms with E-state index >= 15 is 0 Å². The van der Waals surface area contributed by atoms with Crippen molar-refractivity contribution in [2.75, 3.05) is 0 Å². The summed E-state index contributed by atoms with van der Waals surface area (Å²) in [7, 11) is 0. The molecule has 0 atom stereocenters. The maximum Gasteiger partial charge on any atom is 0.0908 e. The number of hydrogen-bond acceptors (Lipinski definition) is 1. The minimum absolute atomic E-state index is 1.04. The van der Waals surface area contributed by atoms with Crippen LogP contribution in [-0.4, -0.2) is 14.3 Å². The van der Waals surface area contributed by atoms with E-state index in [2.05, 4.69) is 84.3 Å². The molecule has 2 aromatic heterocycles. The Morgan fingerprint density at radius 1 is 0.826 bits per heavy atom. The molecule has 0 aliphatic rings. The third-order valence-electron chi connectivity index (χ3n) is 4.30. The largest absolute Gasteiger partial charge is 0.314 e. The molecule has 0 aliphatic carbocycles. The van der Waals surface area contributed by atoms with Crippen molar-refractivity contribution in [2.45, 2.75) is 20.8 Å². The molecule has 0 bridgehead atoms. The molecular weight excluding hydrogens is 282 g/mol. The first-order valence-electron chi connectivity index (χ1n) is 7.85. The van der Waals surface area contributed by atoms with Gasteiger partial charge < -0.3 is 4.57 Å². The van der Waals surface area contributed by atoms with Crippen LogP contribution in [0.3, 0.4) is 0 Å². The van der Waals surface area contributed by atoms with Crippen LogP contribution in [0.25, 0.3) is 22.3 Å². The third kappa shape index (κ3) is 2.16. The first kappa shape index (κ1) is 13.8. The molecule has 2 aromatic carbocycles. The van der Waals surface area contributed by atoms with Crippen LogP contribution in [-0.2, 0) is 0 Å². The lowest BCUT2D eigenvalue weighted by molar-refractivity contribution is 0.836. The smallest absolute Gasteiger partial charge is 0.0908 e. The summed E-state index contributed by atoms with van der Waals surface area (Å²) >= 11 is 0. The zero-order valence-electron chi connectivity index (χ0n) is 13.6. The van der Waals surface area contributed by atoms with Crippen LogP contribution in [0.1, 0.15) is 17.0 Å². The second-order valence-electron chi connectivity index (χ2n) is 6.03. The lowest BCUT2D eigenvalue weighted by Crippen LogP contribution is -1.98. The Balaban J connectivity index is 2.05.